The number of likely N-dealkylation sites (tertiary alicyclic amines) is 3. The van der Waals surface area contributed by atoms with Crippen molar-refractivity contribution in [2.24, 2.45) is 51.2 Å². The van der Waals surface area contributed by atoms with E-state index in [2.05, 4.69) is 54.7 Å². The van der Waals surface area contributed by atoms with Crippen LogP contribution in [0.3, 0.4) is 0 Å². The predicted octanol–water partition coefficient (Wildman–Crippen LogP) is 19.3. The van der Waals surface area contributed by atoms with Crippen LogP contribution in [0.15, 0.2) is 206 Å². The van der Waals surface area contributed by atoms with Crippen LogP contribution in [0, 0.1) is 65.1 Å². The lowest BCUT2D eigenvalue weighted by Gasteiger charge is -2.51. The Labute approximate surface area is 833 Å². The molecule has 1 aliphatic carbocycles. The lowest BCUT2D eigenvalue weighted by Crippen LogP contribution is -2.61. The molecule has 3 aliphatic heterocycles. The van der Waals surface area contributed by atoms with Gasteiger partial charge in [0.05, 0.1) is 41.6 Å². The van der Waals surface area contributed by atoms with E-state index in [4.69, 9.17) is 39.5 Å². The summed E-state index contributed by atoms with van der Waals surface area (Å²) in [5.41, 5.74) is 3.24. The van der Waals surface area contributed by atoms with Gasteiger partial charge in [0.25, 0.3) is 0 Å². The molecule has 24 nitrogen and oxygen atoms in total. The summed E-state index contributed by atoms with van der Waals surface area (Å²) in [5, 5.41) is 71.3. The summed E-state index contributed by atoms with van der Waals surface area (Å²) in [7, 11) is 1.61. The molecule has 27 heteroatoms. The molecule has 0 radical (unpaired) electrons. The van der Waals surface area contributed by atoms with Gasteiger partial charge in [0.2, 0.25) is 17.7 Å². The van der Waals surface area contributed by atoms with Crippen LogP contribution in [0.2, 0.25) is 15.1 Å². The molecule has 5 unspecified atom stereocenters. The number of halogens is 3. The maximum atomic E-state index is 13.5. The number of ether oxygens (including phenoxy) is 1. The van der Waals surface area contributed by atoms with Gasteiger partial charge >= 0.3 is 24.1 Å². The molecule has 8 aromatic rings. The van der Waals surface area contributed by atoms with Crippen molar-refractivity contribution in [1.82, 2.24) is 57.2 Å². The molecule has 748 valence electrons. The smallest absolute Gasteiger partial charge is 0.315 e. The van der Waals surface area contributed by atoms with Gasteiger partial charge in [0.15, 0.2) is 5.78 Å². The molecule has 4 fully saturated rings. The maximum absolute atomic E-state index is 13.5. The Balaban J connectivity index is 0.000000206. The average molecular weight is 1950 g/mol. The maximum Gasteiger partial charge on any atom is 0.315 e. The van der Waals surface area contributed by atoms with Crippen molar-refractivity contribution in [2.45, 2.75) is 249 Å². The zero-order valence-corrected chi connectivity index (χ0v) is 86.6. The summed E-state index contributed by atoms with van der Waals surface area (Å²) < 4.78 is 5.16. The summed E-state index contributed by atoms with van der Waals surface area (Å²) in [5.74, 6) is -0.134. The third kappa shape index (κ3) is 28.6. The van der Waals surface area contributed by atoms with Gasteiger partial charge in [-0.3, -0.25) is 19.2 Å². The number of carbonyl (C=O) groups excluding carboxylic acids is 8. The van der Waals surface area contributed by atoms with E-state index in [1.165, 1.54) is 5.56 Å². The summed E-state index contributed by atoms with van der Waals surface area (Å²) in [6.45, 7) is 40.9. The fourth-order valence-corrected chi connectivity index (χ4v) is 19.6. The molecular formula is C111H150Cl3N11O13. The molecule has 138 heavy (non-hydrogen) atoms. The highest BCUT2D eigenvalue weighted by atomic mass is 35.5. The minimum atomic E-state index is -1.09. The van der Waals surface area contributed by atoms with Crippen molar-refractivity contribution in [3.63, 3.8) is 0 Å². The number of nitrogens with zero attached hydrogens (tertiary/aromatic N) is 3. The summed E-state index contributed by atoms with van der Waals surface area (Å²) in [6.07, 6.45) is 4.52. The molecule has 0 bridgehead atoms. The number of rotatable bonds is 28. The number of urea groups is 4. The molecule has 1 saturated carbocycles. The zero-order chi connectivity index (χ0) is 102. The van der Waals surface area contributed by atoms with Crippen LogP contribution < -0.4 is 47.3 Å². The molecule has 3 heterocycles. The van der Waals surface area contributed by atoms with Crippen LogP contribution in [0.25, 0.3) is 0 Å². The SMILES string of the molecule is CC(C)[C@@H](NC(=O)N[C@H](C)c1ccccc1)C(=O)N1CCC(O)(c2ccc(Cl)cc2)C(C)(C)C1.COc1ccc(CNC(=O)N[C@@H](C(=O)C2CCC(O)(c3ccc(Cl)cc3)C(C)(C)C2)C(C)C)cc1.Cc1ccc(C2(O)CCN(C(=O)[C@H](NC(=O)NCCCc3ccccc3)C(C)C)CC2(C)C)cc1.Cc1ccc(CNC(=O)N[C@@H](C(=O)N2CCC(O)(c3ccc(Cl)cc3)C(C)(C)C2)C(C)C)cc1. The molecule has 10 atom stereocenters. The molecule has 4 aliphatic rings. The highest BCUT2D eigenvalue weighted by Crippen LogP contribution is 2.54. The fraction of sp³-hybridized carbons (Fsp3) is 0.495. The van der Waals surface area contributed by atoms with Crippen LogP contribution >= 0.6 is 34.8 Å². The quantitative estimate of drug-likeness (QED) is 0.0203. The first kappa shape index (κ1) is 111. The van der Waals surface area contributed by atoms with E-state index in [1.54, 1.807) is 58.2 Å². The lowest BCUT2D eigenvalue weighted by atomic mass is 9.58. The minimum Gasteiger partial charge on any atom is -0.497 e. The lowest BCUT2D eigenvalue weighted by molar-refractivity contribution is -0.156. The summed E-state index contributed by atoms with van der Waals surface area (Å²) >= 11 is 18.1. The van der Waals surface area contributed by atoms with Gasteiger partial charge < -0.3 is 82.4 Å². The van der Waals surface area contributed by atoms with Crippen molar-refractivity contribution in [3.05, 3.63) is 277 Å². The first-order valence-corrected chi connectivity index (χ1v) is 49.6. The zero-order valence-electron chi connectivity index (χ0n) is 84.4. The number of ketones is 1. The molecule has 12 rings (SSSR count). The van der Waals surface area contributed by atoms with Crippen molar-refractivity contribution in [2.75, 3.05) is 52.9 Å². The van der Waals surface area contributed by atoms with Crippen LogP contribution in [0.4, 0.5) is 19.2 Å². The van der Waals surface area contributed by atoms with E-state index in [0.29, 0.717) is 112 Å². The standard InChI is InChI=1S/C29H41N3O3.C28H37ClN2O4.2C27H36ClN3O3/c1-21(2)25(31-27(34)30-18-9-12-23-10-7-6-8-11-23)26(33)32-19-17-29(35,28(4,5)20-32)24-15-13-22(3)14-16-24;1-18(2)24(31-26(33)30-17-19-6-12-23(35-5)13-7-19)25(32)20-14-15-28(34,27(3,4)16-20)21-8-10-22(29)11-9-21;1-18(2)23(30-25(33)29-16-20-8-6-19(3)7-9-20)24(32)31-15-14-27(34,26(4,5)17-31)21-10-12-22(28)13-11-21;1-18(2)23(30-25(33)29-19(3)20-9-7-6-8-10-20)24(32)31-16-15-27(34,26(4,5)17-31)21-11-13-22(28)14-12-21/h6-8,10-11,13-16,21,25,35H,9,12,17-20H2,1-5H3,(H2,30,31,34);6-13,18,20,24,34H,14-17H2,1-5H3,(H2,30,31,33);6-13,18,23,34H,14-17H2,1-5H3,(H2,29,30,33);6-14,18-19,23,34H,15-17H2,1-5H3,(H2,29,30,33)/t25-,29?;20?,24-,28?;23-,27?;19-,23-,27?/m1111/s1. The van der Waals surface area contributed by atoms with Crippen LogP contribution in [-0.2, 0) is 61.1 Å². The highest BCUT2D eigenvalue weighted by Gasteiger charge is 2.55. The fourth-order valence-electron chi connectivity index (χ4n) is 19.2. The molecule has 11 amide bonds. The van der Waals surface area contributed by atoms with Crippen molar-refractivity contribution >= 4 is 82.4 Å². The van der Waals surface area contributed by atoms with E-state index >= 15 is 0 Å². The number of hydrogen-bond donors (Lipinski definition) is 12. The van der Waals surface area contributed by atoms with Gasteiger partial charge in [-0.15, -0.1) is 0 Å². The Kier molecular flexibility index (Phi) is 39.1. The number of carbonyl (C=O) groups is 8. The van der Waals surface area contributed by atoms with E-state index in [-0.39, 0.29) is 83.3 Å². The second kappa shape index (κ2) is 48.5. The van der Waals surface area contributed by atoms with Crippen molar-refractivity contribution in [1.29, 1.82) is 0 Å². The Morgan fingerprint density at radius 1 is 0.377 bits per heavy atom. The number of amides is 11. The third-order valence-corrected chi connectivity index (χ3v) is 29.2. The monoisotopic (exact) mass is 1950 g/mol. The van der Waals surface area contributed by atoms with E-state index in [0.717, 1.165) is 68.7 Å². The first-order valence-electron chi connectivity index (χ1n) is 48.5. The normalized spacial score (nSPS) is 21.2. The molecule has 12 N–H and O–H groups in total. The number of hydrogen-bond acceptors (Lipinski definition) is 13. The average Bonchev–Trinajstić information content (AvgIpc) is 0.762. The molecule has 8 aromatic carbocycles. The Morgan fingerprint density at radius 3 is 1.04 bits per heavy atom. The second-order valence-corrected chi connectivity index (χ2v) is 43.2. The third-order valence-electron chi connectivity index (χ3n) is 28.4. The summed E-state index contributed by atoms with van der Waals surface area (Å²) in [6, 6.07) is 60.8. The number of nitrogens with one attached hydrogen (secondary N) is 8. The Bertz CT molecular complexity index is 5320. The predicted molar refractivity (Wildman–Crippen MR) is 549 cm³/mol. The van der Waals surface area contributed by atoms with Crippen molar-refractivity contribution < 1.29 is 63.5 Å². The molecular weight excluding hydrogens is 1800 g/mol. The topological polar surface area (TPSA) is 333 Å². The highest BCUT2D eigenvalue weighted by molar-refractivity contribution is 6.31. The number of methoxy groups -OCH3 is 1. The van der Waals surface area contributed by atoms with E-state index in [1.807, 2.05) is 289 Å². The van der Waals surface area contributed by atoms with Crippen LogP contribution in [-0.4, -0.2) is 160 Å². The summed E-state index contributed by atoms with van der Waals surface area (Å²) in [4.78, 5) is 110. The Morgan fingerprint density at radius 2 is 0.696 bits per heavy atom. The molecule has 3 saturated heterocycles. The van der Waals surface area contributed by atoms with E-state index < -0.39 is 68.2 Å². The molecule has 0 aromatic heterocycles. The van der Waals surface area contributed by atoms with Gasteiger partial charge in [0, 0.05) is 96.1 Å². The first-order chi connectivity index (χ1) is 64.9. The number of aliphatic hydroxyl groups is 4. The van der Waals surface area contributed by atoms with Crippen molar-refractivity contribution in [3.8, 4) is 5.75 Å². The number of aryl methyl sites for hydroxylation is 3. The van der Waals surface area contributed by atoms with Gasteiger partial charge in [-0.25, -0.2) is 19.2 Å². The Hall–Kier alpha value is -10.6. The van der Waals surface area contributed by atoms with Gasteiger partial charge in [0.1, 0.15) is 23.9 Å². The van der Waals surface area contributed by atoms with Gasteiger partial charge in [-0.05, 0) is 194 Å². The largest absolute Gasteiger partial charge is 0.497 e. The van der Waals surface area contributed by atoms with Gasteiger partial charge in [-0.2, -0.15) is 0 Å². The van der Waals surface area contributed by atoms with Gasteiger partial charge in [-0.1, -0.05) is 314 Å². The van der Waals surface area contributed by atoms with Crippen LogP contribution in [0.5, 0.6) is 5.75 Å². The number of Topliss-reactive ketones (excluding diaryl/α,β-unsaturated/α-hetero) is 1. The number of piperidine rings is 3. The van der Waals surface area contributed by atoms with Crippen LogP contribution in [0.1, 0.15) is 224 Å². The van der Waals surface area contributed by atoms with E-state index in [9.17, 15) is 58.8 Å². The minimum absolute atomic E-state index is 0.0193. The number of benzene rings is 8. The molecule has 0 spiro atoms. The second-order valence-electron chi connectivity index (χ2n) is 41.8.